The number of benzene rings is 2. The first-order valence-corrected chi connectivity index (χ1v) is 13.1. The lowest BCUT2D eigenvalue weighted by Gasteiger charge is -2.25. The summed E-state index contributed by atoms with van der Waals surface area (Å²) in [7, 11) is 0. The van der Waals surface area contributed by atoms with Crippen LogP contribution in [0, 0.1) is 0 Å². The van der Waals surface area contributed by atoms with Gasteiger partial charge >= 0.3 is 0 Å². The van der Waals surface area contributed by atoms with Crippen molar-refractivity contribution in [1.82, 2.24) is 10.2 Å². The molecule has 5 rings (SSSR count). The van der Waals surface area contributed by atoms with E-state index in [2.05, 4.69) is 5.32 Å². The minimum absolute atomic E-state index is 0.0892. The number of hydrogen-bond acceptors (Lipinski definition) is 6. The molecule has 0 spiro atoms. The van der Waals surface area contributed by atoms with Crippen LogP contribution < -0.4 is 5.32 Å². The van der Waals surface area contributed by atoms with E-state index in [-0.39, 0.29) is 18.2 Å². The van der Waals surface area contributed by atoms with Crippen LogP contribution >= 0.6 is 34.7 Å². The number of amides is 2. The van der Waals surface area contributed by atoms with Crippen molar-refractivity contribution in [3.63, 3.8) is 0 Å². The molecule has 1 N–H and O–H groups in total. The van der Waals surface area contributed by atoms with Gasteiger partial charge in [-0.1, -0.05) is 59.8 Å². The van der Waals surface area contributed by atoms with Crippen molar-refractivity contribution in [3.8, 4) is 0 Å². The molecule has 172 valence electrons. The molecule has 0 radical (unpaired) electrons. The molecule has 3 heterocycles. The molecule has 0 saturated carbocycles. The largest absolute Gasteiger partial charge is 0.351 e. The van der Waals surface area contributed by atoms with Gasteiger partial charge in [-0.2, -0.15) is 0 Å². The van der Waals surface area contributed by atoms with Crippen LogP contribution in [0.2, 0.25) is 5.02 Å². The molecule has 2 aromatic carbocycles. The van der Waals surface area contributed by atoms with Crippen molar-refractivity contribution in [3.05, 3.63) is 87.1 Å². The maximum Gasteiger partial charge on any atom is 0.259 e. The van der Waals surface area contributed by atoms with E-state index in [1.165, 1.54) is 11.8 Å². The number of aliphatic imine (C=N–C) groups is 2. The van der Waals surface area contributed by atoms with Gasteiger partial charge in [-0.25, -0.2) is 9.89 Å². The third-order valence-corrected chi connectivity index (χ3v) is 7.78. The van der Waals surface area contributed by atoms with Gasteiger partial charge in [-0.05, 0) is 41.6 Å². The zero-order valence-corrected chi connectivity index (χ0v) is 20.5. The number of thiophene rings is 1. The molecule has 0 unspecified atom stereocenters. The number of halogens is 1. The van der Waals surface area contributed by atoms with E-state index in [0.717, 1.165) is 21.7 Å². The summed E-state index contributed by atoms with van der Waals surface area (Å²) in [5, 5.41) is 6.15. The molecule has 34 heavy (non-hydrogen) atoms. The van der Waals surface area contributed by atoms with Gasteiger partial charge in [-0.15, -0.1) is 11.3 Å². The van der Waals surface area contributed by atoms with Crippen molar-refractivity contribution >= 4 is 63.2 Å². The Morgan fingerprint density at radius 1 is 1.12 bits per heavy atom. The summed E-state index contributed by atoms with van der Waals surface area (Å²) in [5.41, 5.74) is 2.57. The highest BCUT2D eigenvalue weighted by atomic mass is 35.5. The molecule has 0 fully saturated rings. The fraction of sp³-hybridized carbons (Fsp3) is 0.200. The van der Waals surface area contributed by atoms with Gasteiger partial charge in [-0.3, -0.25) is 14.6 Å². The van der Waals surface area contributed by atoms with E-state index >= 15 is 0 Å². The van der Waals surface area contributed by atoms with Crippen LogP contribution in [-0.4, -0.2) is 33.8 Å². The Balaban J connectivity index is 1.30. The number of nitrogens with one attached hydrogen (secondary N) is 1. The maximum atomic E-state index is 13.4. The quantitative estimate of drug-likeness (QED) is 0.465. The number of nitrogens with zero attached hydrogens (tertiary/aromatic N) is 3. The zero-order chi connectivity index (χ0) is 23.5. The van der Waals surface area contributed by atoms with Crippen molar-refractivity contribution in [2.24, 2.45) is 9.98 Å². The summed E-state index contributed by atoms with van der Waals surface area (Å²) in [6.07, 6.45) is 0.576. The zero-order valence-electron chi connectivity index (χ0n) is 18.1. The molecule has 9 heteroatoms. The third-order valence-electron chi connectivity index (χ3n) is 5.55. The Labute approximate surface area is 210 Å². The number of hydrogen-bond donors (Lipinski definition) is 1. The van der Waals surface area contributed by atoms with Gasteiger partial charge in [0.1, 0.15) is 11.9 Å². The Bertz CT molecular complexity index is 1290. The van der Waals surface area contributed by atoms with Crippen LogP contribution in [0.25, 0.3) is 0 Å². The van der Waals surface area contributed by atoms with Crippen molar-refractivity contribution < 1.29 is 9.59 Å². The molecule has 1 atom stereocenters. The van der Waals surface area contributed by atoms with Crippen LogP contribution in [0.5, 0.6) is 0 Å². The monoisotopic (exact) mass is 508 g/mol. The number of carbonyl (C=O) groups excluding carboxylic acids is 2. The first kappa shape index (κ1) is 22.8. The molecule has 2 aliphatic rings. The minimum atomic E-state index is -0.611. The second-order valence-corrected chi connectivity index (χ2v) is 10.2. The lowest BCUT2D eigenvalue weighted by atomic mass is 10.1. The van der Waals surface area contributed by atoms with Gasteiger partial charge in [0.25, 0.3) is 5.91 Å². The Morgan fingerprint density at radius 3 is 2.76 bits per heavy atom. The number of amidine groups is 2. The molecule has 0 aliphatic carbocycles. The third kappa shape index (κ3) is 4.80. The number of rotatable bonds is 7. The van der Waals surface area contributed by atoms with E-state index < -0.39 is 6.04 Å². The number of thioether (sulfide) groups is 1. The Morgan fingerprint density at radius 2 is 1.94 bits per heavy atom. The van der Waals surface area contributed by atoms with Crippen LogP contribution in [-0.2, 0) is 21.9 Å². The number of fused-ring (bicyclic) bond motifs is 3. The highest BCUT2D eigenvalue weighted by Gasteiger charge is 2.41. The van der Waals surface area contributed by atoms with Gasteiger partial charge in [0.2, 0.25) is 5.91 Å². The topological polar surface area (TPSA) is 74.1 Å². The highest BCUT2D eigenvalue weighted by molar-refractivity contribution is 8.13. The van der Waals surface area contributed by atoms with Crippen LogP contribution in [0.15, 0.2) is 76.0 Å². The molecule has 2 aliphatic heterocycles. The highest BCUT2D eigenvalue weighted by Crippen LogP contribution is 2.35. The van der Waals surface area contributed by atoms with E-state index in [1.807, 2.05) is 66.0 Å². The predicted molar refractivity (Wildman–Crippen MR) is 139 cm³/mol. The van der Waals surface area contributed by atoms with Crippen molar-refractivity contribution in [2.45, 2.75) is 31.2 Å². The molecule has 6 nitrogen and oxygen atoms in total. The lowest BCUT2D eigenvalue weighted by Crippen LogP contribution is -2.41. The van der Waals surface area contributed by atoms with Crippen molar-refractivity contribution in [2.75, 3.05) is 0 Å². The molecule has 2 amide bonds. The standard InChI is InChI=1S/C25H21ClN4O2S2/c26-19-9-3-1-6-16(19)15-34-25-29-20-10-4-2-8-18(20)23-28-21(24(32)30(23)25)11-12-22(31)27-14-17-7-5-13-33-17/h1-10,13,21H,11-12,14-15H2,(H,27,31)/t21-/m1/s1. The molecular weight excluding hydrogens is 488 g/mol. The van der Waals surface area contributed by atoms with Crippen LogP contribution in [0.4, 0.5) is 5.69 Å². The second-order valence-electron chi connectivity index (χ2n) is 7.83. The maximum absolute atomic E-state index is 13.4. The molecule has 3 aromatic rings. The second kappa shape index (κ2) is 10.1. The molecule has 1 aromatic heterocycles. The van der Waals surface area contributed by atoms with Gasteiger partial charge in [0.05, 0.1) is 12.2 Å². The average molecular weight is 509 g/mol. The summed E-state index contributed by atoms with van der Waals surface area (Å²) < 4.78 is 0. The van der Waals surface area contributed by atoms with Crippen molar-refractivity contribution in [1.29, 1.82) is 0 Å². The minimum Gasteiger partial charge on any atom is -0.351 e. The van der Waals surface area contributed by atoms with E-state index in [0.29, 0.717) is 34.7 Å². The molecule has 0 bridgehead atoms. The summed E-state index contributed by atoms with van der Waals surface area (Å²) in [5.74, 6) is 0.934. The van der Waals surface area contributed by atoms with Crippen LogP contribution in [0.3, 0.4) is 0 Å². The fourth-order valence-corrected chi connectivity index (χ4v) is 5.73. The summed E-state index contributed by atoms with van der Waals surface area (Å²) in [6, 6.07) is 18.6. The first-order valence-electron chi connectivity index (χ1n) is 10.9. The van der Waals surface area contributed by atoms with Gasteiger partial charge < -0.3 is 5.32 Å². The lowest BCUT2D eigenvalue weighted by molar-refractivity contribution is -0.125. The smallest absolute Gasteiger partial charge is 0.259 e. The van der Waals surface area contributed by atoms with E-state index in [9.17, 15) is 9.59 Å². The molecular formula is C25H21ClN4O2S2. The number of carbonyl (C=O) groups is 2. The molecule has 0 saturated heterocycles. The summed E-state index contributed by atoms with van der Waals surface area (Å²) >= 11 is 9.37. The summed E-state index contributed by atoms with van der Waals surface area (Å²) in [4.78, 5) is 37.9. The van der Waals surface area contributed by atoms with Crippen LogP contribution in [0.1, 0.15) is 28.8 Å². The first-order chi connectivity index (χ1) is 16.6. The van der Waals surface area contributed by atoms with E-state index in [4.69, 9.17) is 21.6 Å². The SMILES string of the molecule is O=C(CC[C@H]1N=C2c3ccccc3N=C(SCc3ccccc3Cl)N2C1=O)NCc1cccs1. The summed E-state index contributed by atoms with van der Waals surface area (Å²) in [6.45, 7) is 0.499. The predicted octanol–water partition coefficient (Wildman–Crippen LogP) is 5.39. The number of para-hydroxylation sites is 1. The Kier molecular flexibility index (Phi) is 6.80. The normalized spacial score (nSPS) is 16.6. The van der Waals surface area contributed by atoms with Gasteiger partial charge in [0.15, 0.2) is 5.17 Å². The fourth-order valence-electron chi connectivity index (χ4n) is 3.80. The Hall–Kier alpha value is -2.94. The van der Waals surface area contributed by atoms with E-state index in [1.54, 1.807) is 16.2 Å². The van der Waals surface area contributed by atoms with Gasteiger partial charge in [0, 0.05) is 27.6 Å². The average Bonchev–Trinajstić information content (AvgIpc) is 3.49.